The van der Waals surface area contributed by atoms with Crippen LogP contribution < -0.4 is 10.1 Å². The van der Waals surface area contributed by atoms with E-state index in [4.69, 9.17) is 4.74 Å². The molecule has 7 nitrogen and oxygen atoms in total. The van der Waals surface area contributed by atoms with Crippen LogP contribution in [0.15, 0.2) is 53.9 Å². The number of fused-ring (bicyclic) bond motifs is 2. The van der Waals surface area contributed by atoms with Crippen LogP contribution in [0.25, 0.3) is 27.1 Å². The number of methoxy groups -OCH3 is 1. The molecule has 0 radical (unpaired) electrons. The number of hydrogen-bond acceptors (Lipinski definition) is 6. The number of carbonyl (C=O) groups excluding carboxylic acids is 1. The van der Waals surface area contributed by atoms with E-state index < -0.39 is 11.7 Å². The molecule has 0 unspecified atom stereocenters. The van der Waals surface area contributed by atoms with Gasteiger partial charge < -0.3 is 4.74 Å². The maximum absolute atomic E-state index is 13.8. The molecule has 9 heteroatoms. The molecule has 5 rings (SSSR count). The molecule has 2 aromatic carbocycles. The predicted octanol–water partition coefficient (Wildman–Crippen LogP) is 4.71. The number of thiazole rings is 1. The van der Waals surface area contributed by atoms with E-state index >= 15 is 0 Å². The molecule has 0 aliphatic carbocycles. The molecule has 1 amide bonds. The van der Waals surface area contributed by atoms with Gasteiger partial charge in [-0.3, -0.25) is 15.1 Å². The number of halogens is 1. The fourth-order valence-corrected chi connectivity index (χ4v) is 4.21. The summed E-state index contributed by atoms with van der Waals surface area (Å²) in [4.78, 5) is 22.4. The summed E-state index contributed by atoms with van der Waals surface area (Å²) >= 11 is 1.42. The molecule has 0 fully saturated rings. The van der Waals surface area contributed by atoms with Gasteiger partial charge in [0, 0.05) is 22.0 Å². The maximum atomic E-state index is 13.8. The van der Waals surface area contributed by atoms with E-state index in [2.05, 4.69) is 20.4 Å². The van der Waals surface area contributed by atoms with Gasteiger partial charge in [-0.15, -0.1) is 16.4 Å². The average molecular weight is 433 g/mol. The van der Waals surface area contributed by atoms with Crippen molar-refractivity contribution in [1.29, 1.82) is 0 Å². The van der Waals surface area contributed by atoms with Crippen LogP contribution >= 0.6 is 11.3 Å². The lowest BCUT2D eigenvalue weighted by Gasteiger charge is -2.07. The average Bonchev–Trinajstić information content (AvgIpc) is 3.33. The molecule has 0 saturated heterocycles. The number of nitrogens with zero attached hydrogens (tertiary/aromatic N) is 4. The molecule has 154 valence electrons. The number of pyridine rings is 1. The van der Waals surface area contributed by atoms with Gasteiger partial charge in [-0.1, -0.05) is 0 Å². The van der Waals surface area contributed by atoms with Crippen LogP contribution in [0.5, 0.6) is 5.75 Å². The van der Waals surface area contributed by atoms with Crippen LogP contribution in [0.4, 0.5) is 10.3 Å². The topological polar surface area (TPSA) is 81.4 Å². The highest BCUT2D eigenvalue weighted by Crippen LogP contribution is 2.28. The summed E-state index contributed by atoms with van der Waals surface area (Å²) in [7, 11) is 1.62. The Hall–Kier alpha value is -3.85. The van der Waals surface area contributed by atoms with E-state index in [1.807, 2.05) is 29.6 Å². The number of ether oxygens (including phenoxy) is 1. The third kappa shape index (κ3) is 3.49. The molecule has 3 aromatic heterocycles. The van der Waals surface area contributed by atoms with Crippen molar-refractivity contribution < 1.29 is 13.9 Å². The summed E-state index contributed by atoms with van der Waals surface area (Å²) in [5.41, 5.74) is 3.32. The van der Waals surface area contributed by atoms with Crippen molar-refractivity contribution in [3.05, 3.63) is 71.0 Å². The van der Waals surface area contributed by atoms with E-state index in [9.17, 15) is 9.18 Å². The van der Waals surface area contributed by atoms with Crippen molar-refractivity contribution in [2.24, 2.45) is 0 Å². The Labute approximate surface area is 180 Å². The van der Waals surface area contributed by atoms with Crippen molar-refractivity contribution in [3.8, 4) is 17.0 Å². The summed E-state index contributed by atoms with van der Waals surface area (Å²) < 4.78 is 20.6. The van der Waals surface area contributed by atoms with Crippen LogP contribution in [-0.4, -0.2) is 32.6 Å². The fourth-order valence-electron chi connectivity index (χ4n) is 3.38. The monoisotopic (exact) mass is 433 g/mol. The molecule has 0 spiro atoms. The third-order valence-electron chi connectivity index (χ3n) is 4.84. The fraction of sp³-hybridized carbons (Fsp3) is 0.0909. The summed E-state index contributed by atoms with van der Waals surface area (Å²) in [5, 5.41) is 9.55. The number of carbonyl (C=O) groups is 1. The molecule has 5 aromatic rings. The first-order valence-corrected chi connectivity index (χ1v) is 10.3. The first-order valence-electron chi connectivity index (χ1n) is 9.39. The Bertz CT molecular complexity index is 1440. The molecule has 0 atom stereocenters. The van der Waals surface area contributed by atoms with Crippen molar-refractivity contribution in [3.63, 3.8) is 0 Å². The molecule has 3 heterocycles. The zero-order chi connectivity index (χ0) is 21.5. The highest BCUT2D eigenvalue weighted by molar-refractivity contribution is 7.15. The number of nitrogens with one attached hydrogen (secondary N) is 1. The normalized spacial score (nSPS) is 11.2. The van der Waals surface area contributed by atoms with Crippen LogP contribution in [0, 0.1) is 12.7 Å². The smallest absolute Gasteiger partial charge is 0.258 e. The van der Waals surface area contributed by atoms with Gasteiger partial charge in [0.1, 0.15) is 11.6 Å². The standard InChI is InChI=1S/C22H16FN5O2S/c1-12-9-17(16-10-14(23)5-8-18(16)24-12)20(29)25-21-26-22-28(27-21)19(11-31-22)13-3-6-15(30-2)7-4-13/h3-11H,1-2H3,(H,25,27,29). The van der Waals surface area contributed by atoms with Crippen LogP contribution in [-0.2, 0) is 0 Å². The zero-order valence-corrected chi connectivity index (χ0v) is 17.4. The quantitative estimate of drug-likeness (QED) is 0.444. The van der Waals surface area contributed by atoms with Gasteiger partial charge in [-0.25, -0.2) is 8.91 Å². The minimum absolute atomic E-state index is 0.172. The van der Waals surface area contributed by atoms with Crippen LogP contribution in [0.3, 0.4) is 0 Å². The van der Waals surface area contributed by atoms with Crippen LogP contribution in [0.2, 0.25) is 0 Å². The Morgan fingerprint density at radius 1 is 1.13 bits per heavy atom. The highest BCUT2D eigenvalue weighted by atomic mass is 32.1. The number of hydrogen-bond donors (Lipinski definition) is 1. The molecule has 0 aliphatic heterocycles. The van der Waals surface area contributed by atoms with Gasteiger partial charge in [0.05, 0.1) is 23.9 Å². The van der Waals surface area contributed by atoms with Gasteiger partial charge in [-0.05, 0) is 55.5 Å². The predicted molar refractivity (Wildman–Crippen MR) is 117 cm³/mol. The number of aryl methyl sites for hydroxylation is 1. The Morgan fingerprint density at radius 2 is 1.94 bits per heavy atom. The summed E-state index contributed by atoms with van der Waals surface area (Å²) in [5.74, 6) is 0.0750. The van der Waals surface area contributed by atoms with Gasteiger partial charge in [0.2, 0.25) is 4.96 Å². The van der Waals surface area contributed by atoms with Gasteiger partial charge in [0.15, 0.2) is 0 Å². The molecular weight excluding hydrogens is 417 g/mol. The Balaban J connectivity index is 1.49. The number of anilines is 1. The minimum atomic E-state index is -0.433. The summed E-state index contributed by atoms with van der Waals surface area (Å²) in [6, 6.07) is 13.4. The first-order chi connectivity index (χ1) is 15.0. The lowest BCUT2D eigenvalue weighted by molar-refractivity contribution is 0.102. The van der Waals surface area contributed by atoms with Gasteiger partial charge in [-0.2, -0.15) is 4.98 Å². The SMILES string of the molecule is COc1ccc(-c2csc3nc(NC(=O)c4cc(C)nc5ccc(F)cc45)nn23)cc1. The number of aromatic nitrogens is 4. The maximum Gasteiger partial charge on any atom is 0.258 e. The zero-order valence-electron chi connectivity index (χ0n) is 16.6. The van der Waals surface area contributed by atoms with Crippen molar-refractivity contribution >= 4 is 39.1 Å². The minimum Gasteiger partial charge on any atom is -0.497 e. The number of amides is 1. The van der Waals surface area contributed by atoms with Crippen molar-refractivity contribution in [2.45, 2.75) is 6.92 Å². The molecule has 0 saturated carbocycles. The molecule has 0 aliphatic rings. The van der Waals surface area contributed by atoms with Crippen molar-refractivity contribution in [2.75, 3.05) is 12.4 Å². The summed E-state index contributed by atoms with van der Waals surface area (Å²) in [6.45, 7) is 1.78. The van der Waals surface area contributed by atoms with Gasteiger partial charge >= 0.3 is 0 Å². The molecule has 1 N–H and O–H groups in total. The van der Waals surface area contributed by atoms with E-state index in [0.29, 0.717) is 27.1 Å². The Kier molecular flexibility index (Phi) is 4.59. The number of benzene rings is 2. The first kappa shape index (κ1) is 19.1. The van der Waals surface area contributed by atoms with Gasteiger partial charge in [0.25, 0.3) is 11.9 Å². The van der Waals surface area contributed by atoms with Crippen LogP contribution in [0.1, 0.15) is 16.1 Å². The molecule has 0 bridgehead atoms. The second-order valence-electron chi connectivity index (χ2n) is 6.91. The van der Waals surface area contributed by atoms with Crippen molar-refractivity contribution in [1.82, 2.24) is 19.6 Å². The molecule has 31 heavy (non-hydrogen) atoms. The van der Waals surface area contributed by atoms with E-state index in [1.54, 1.807) is 30.7 Å². The lowest BCUT2D eigenvalue weighted by atomic mass is 10.1. The second kappa shape index (κ2) is 7.44. The largest absolute Gasteiger partial charge is 0.497 e. The highest BCUT2D eigenvalue weighted by Gasteiger charge is 2.17. The Morgan fingerprint density at radius 3 is 2.71 bits per heavy atom. The molecular formula is C22H16FN5O2S. The summed E-state index contributed by atoms with van der Waals surface area (Å²) in [6.07, 6.45) is 0. The second-order valence-corrected chi connectivity index (χ2v) is 7.74. The van der Waals surface area contributed by atoms with E-state index in [-0.39, 0.29) is 5.95 Å². The van der Waals surface area contributed by atoms with E-state index in [1.165, 1.54) is 23.5 Å². The lowest BCUT2D eigenvalue weighted by Crippen LogP contribution is -2.14. The number of rotatable bonds is 4. The third-order valence-corrected chi connectivity index (χ3v) is 5.65. The van der Waals surface area contributed by atoms with E-state index in [0.717, 1.165) is 17.0 Å².